The van der Waals surface area contributed by atoms with Crippen LogP contribution in [0.1, 0.15) is 62.9 Å². The van der Waals surface area contributed by atoms with Gasteiger partial charge in [0.25, 0.3) is 0 Å². The Balaban J connectivity index is 2.24. The molecule has 0 aliphatic carbocycles. The van der Waals surface area contributed by atoms with Crippen molar-refractivity contribution in [3.8, 4) is 0 Å². The van der Waals surface area contributed by atoms with Crippen molar-refractivity contribution in [3.63, 3.8) is 0 Å². The number of unbranched alkanes of at least 4 members (excludes halogenated alkanes) is 5. The molecule has 1 aromatic rings. The van der Waals surface area contributed by atoms with Crippen molar-refractivity contribution in [2.45, 2.75) is 58.9 Å². The van der Waals surface area contributed by atoms with Crippen LogP contribution in [0.15, 0.2) is 12.3 Å². The molecule has 0 atom stereocenters. The third kappa shape index (κ3) is 5.37. The van der Waals surface area contributed by atoms with Crippen LogP contribution in [0.4, 0.5) is 5.69 Å². The fourth-order valence-corrected chi connectivity index (χ4v) is 2.09. The van der Waals surface area contributed by atoms with Gasteiger partial charge in [-0.1, -0.05) is 39.0 Å². The Morgan fingerprint density at radius 1 is 1.21 bits per heavy atom. The number of carbonyl (C=O) groups excluding carboxylic acids is 1. The summed E-state index contributed by atoms with van der Waals surface area (Å²) in [5, 5.41) is 0. The van der Waals surface area contributed by atoms with E-state index in [1.54, 1.807) is 12.3 Å². The molecular weight excluding hydrogens is 240 g/mol. The molecular formula is C15H26N2O2. The molecule has 19 heavy (non-hydrogen) atoms. The highest BCUT2D eigenvalue weighted by molar-refractivity contribution is 5.89. The van der Waals surface area contributed by atoms with Gasteiger partial charge < -0.3 is 15.0 Å². The number of hydrogen-bond acceptors (Lipinski definition) is 3. The van der Waals surface area contributed by atoms with Crippen LogP contribution in [-0.2, 0) is 11.3 Å². The zero-order valence-electron chi connectivity index (χ0n) is 12.2. The molecule has 1 heterocycles. The second-order valence-corrected chi connectivity index (χ2v) is 4.85. The van der Waals surface area contributed by atoms with E-state index in [4.69, 9.17) is 10.5 Å². The average Bonchev–Trinajstić information content (AvgIpc) is 2.79. The normalized spacial score (nSPS) is 10.6. The number of nitrogen functional groups attached to an aromatic ring is 1. The molecule has 4 nitrogen and oxygen atoms in total. The first-order chi connectivity index (χ1) is 9.19. The van der Waals surface area contributed by atoms with E-state index in [9.17, 15) is 4.79 Å². The van der Waals surface area contributed by atoms with E-state index in [0.717, 1.165) is 19.4 Å². The van der Waals surface area contributed by atoms with Gasteiger partial charge in [-0.2, -0.15) is 0 Å². The molecule has 0 aliphatic heterocycles. The molecule has 0 spiro atoms. The number of ether oxygens (including phenoxy) is 1. The van der Waals surface area contributed by atoms with Gasteiger partial charge in [0.05, 0.1) is 12.3 Å². The highest BCUT2D eigenvalue weighted by atomic mass is 16.5. The predicted molar refractivity (Wildman–Crippen MR) is 78.2 cm³/mol. The first-order valence-corrected chi connectivity index (χ1v) is 7.31. The van der Waals surface area contributed by atoms with Crippen molar-refractivity contribution in [3.05, 3.63) is 18.0 Å². The summed E-state index contributed by atoms with van der Waals surface area (Å²) in [5.74, 6) is -0.271. The monoisotopic (exact) mass is 266 g/mol. The summed E-state index contributed by atoms with van der Waals surface area (Å²) in [6.45, 7) is 5.40. The molecule has 0 aliphatic rings. The molecule has 0 amide bonds. The summed E-state index contributed by atoms with van der Waals surface area (Å²) < 4.78 is 7.09. The number of aryl methyl sites for hydroxylation is 1. The molecule has 2 N–H and O–H groups in total. The van der Waals surface area contributed by atoms with Gasteiger partial charge >= 0.3 is 5.97 Å². The van der Waals surface area contributed by atoms with E-state index in [2.05, 4.69) is 6.92 Å². The Bertz CT molecular complexity index is 385. The Kier molecular flexibility index (Phi) is 7.08. The molecule has 0 bridgehead atoms. The Morgan fingerprint density at radius 3 is 2.58 bits per heavy atom. The second-order valence-electron chi connectivity index (χ2n) is 4.85. The van der Waals surface area contributed by atoms with Crippen LogP contribution >= 0.6 is 0 Å². The summed E-state index contributed by atoms with van der Waals surface area (Å²) in [7, 11) is 0. The summed E-state index contributed by atoms with van der Waals surface area (Å²) >= 11 is 0. The third-order valence-corrected chi connectivity index (χ3v) is 3.20. The van der Waals surface area contributed by atoms with Gasteiger partial charge in [0.15, 0.2) is 0 Å². The van der Waals surface area contributed by atoms with Crippen LogP contribution in [0, 0.1) is 0 Å². The van der Waals surface area contributed by atoms with Crippen molar-refractivity contribution < 1.29 is 9.53 Å². The van der Waals surface area contributed by atoms with Crippen LogP contribution in [0.2, 0.25) is 0 Å². The Morgan fingerprint density at radius 2 is 1.89 bits per heavy atom. The van der Waals surface area contributed by atoms with E-state index < -0.39 is 0 Å². The largest absolute Gasteiger partial charge is 0.461 e. The van der Waals surface area contributed by atoms with Crippen LogP contribution in [0.25, 0.3) is 0 Å². The number of aromatic nitrogens is 1. The van der Waals surface area contributed by atoms with Crippen LogP contribution < -0.4 is 5.73 Å². The van der Waals surface area contributed by atoms with Crippen molar-refractivity contribution >= 4 is 11.7 Å². The van der Waals surface area contributed by atoms with Gasteiger partial charge in [0.1, 0.15) is 5.69 Å². The highest BCUT2D eigenvalue weighted by Gasteiger charge is 2.13. The van der Waals surface area contributed by atoms with Gasteiger partial charge in [0, 0.05) is 12.7 Å². The molecule has 0 aromatic carbocycles. The minimum atomic E-state index is -0.271. The zero-order chi connectivity index (χ0) is 14.1. The summed E-state index contributed by atoms with van der Waals surface area (Å²) in [6.07, 6.45) is 8.89. The van der Waals surface area contributed by atoms with Crippen LogP contribution in [0.5, 0.6) is 0 Å². The molecule has 0 unspecified atom stereocenters. The topological polar surface area (TPSA) is 57.2 Å². The van der Waals surface area contributed by atoms with Crippen molar-refractivity contribution in [2.75, 3.05) is 12.3 Å². The fraction of sp³-hybridized carbons (Fsp3) is 0.667. The zero-order valence-corrected chi connectivity index (χ0v) is 12.2. The first-order valence-electron chi connectivity index (χ1n) is 7.31. The van der Waals surface area contributed by atoms with Gasteiger partial charge in [-0.05, 0) is 19.4 Å². The number of rotatable bonds is 9. The van der Waals surface area contributed by atoms with Crippen molar-refractivity contribution in [2.24, 2.45) is 0 Å². The summed E-state index contributed by atoms with van der Waals surface area (Å²) in [5.41, 5.74) is 6.84. The molecule has 0 saturated carbocycles. The number of esters is 1. The second kappa shape index (κ2) is 8.62. The van der Waals surface area contributed by atoms with E-state index in [-0.39, 0.29) is 5.97 Å². The smallest absolute Gasteiger partial charge is 0.355 e. The maximum absolute atomic E-state index is 11.9. The number of nitrogens with zero attached hydrogens (tertiary/aromatic N) is 1. The van der Waals surface area contributed by atoms with Gasteiger partial charge in [0.2, 0.25) is 0 Å². The fourth-order valence-electron chi connectivity index (χ4n) is 2.09. The number of anilines is 1. The molecule has 0 saturated heterocycles. The van der Waals surface area contributed by atoms with E-state index in [0.29, 0.717) is 18.0 Å². The molecule has 1 rings (SSSR count). The first kappa shape index (κ1) is 15.6. The van der Waals surface area contributed by atoms with E-state index >= 15 is 0 Å². The Hall–Kier alpha value is -1.45. The Labute approximate surface area is 115 Å². The number of nitrogens with two attached hydrogens (primary N) is 1. The lowest BCUT2D eigenvalue weighted by Gasteiger charge is -2.07. The van der Waals surface area contributed by atoms with Crippen LogP contribution in [-0.4, -0.2) is 17.1 Å². The van der Waals surface area contributed by atoms with E-state index in [1.165, 1.54) is 25.7 Å². The van der Waals surface area contributed by atoms with Gasteiger partial charge in [-0.25, -0.2) is 4.79 Å². The maximum Gasteiger partial charge on any atom is 0.355 e. The lowest BCUT2D eigenvalue weighted by Crippen LogP contribution is -2.11. The minimum absolute atomic E-state index is 0.271. The van der Waals surface area contributed by atoms with Gasteiger partial charge in [-0.15, -0.1) is 0 Å². The van der Waals surface area contributed by atoms with E-state index in [1.807, 2.05) is 11.5 Å². The average molecular weight is 266 g/mol. The highest BCUT2D eigenvalue weighted by Crippen LogP contribution is 2.12. The van der Waals surface area contributed by atoms with Crippen LogP contribution in [0.3, 0.4) is 0 Å². The van der Waals surface area contributed by atoms with Gasteiger partial charge in [-0.3, -0.25) is 0 Å². The number of hydrogen-bond donors (Lipinski definition) is 1. The molecule has 4 heteroatoms. The maximum atomic E-state index is 11.9. The molecule has 1 aromatic heterocycles. The lowest BCUT2D eigenvalue weighted by atomic mass is 10.1. The molecule has 108 valence electrons. The molecule has 0 radical (unpaired) electrons. The standard InChI is InChI=1S/C15H26N2O2/c1-3-5-6-7-8-9-10-19-15(18)14-11-13(16)12-17(14)4-2/h11-12H,3-10,16H2,1-2H3. The predicted octanol–water partition coefficient (Wildman–Crippen LogP) is 3.61. The van der Waals surface area contributed by atoms with Crippen molar-refractivity contribution in [1.29, 1.82) is 0 Å². The number of carbonyl (C=O) groups is 1. The molecule has 0 fully saturated rings. The SMILES string of the molecule is CCCCCCCCOC(=O)c1cc(N)cn1CC. The quantitative estimate of drug-likeness (QED) is 0.548. The lowest BCUT2D eigenvalue weighted by molar-refractivity contribution is 0.0485. The third-order valence-electron chi connectivity index (χ3n) is 3.20. The summed E-state index contributed by atoms with van der Waals surface area (Å²) in [4.78, 5) is 11.9. The minimum Gasteiger partial charge on any atom is -0.461 e. The van der Waals surface area contributed by atoms with Crippen molar-refractivity contribution in [1.82, 2.24) is 4.57 Å². The summed E-state index contributed by atoms with van der Waals surface area (Å²) in [6, 6.07) is 1.67.